The van der Waals surface area contributed by atoms with Gasteiger partial charge in [0, 0.05) is 54.5 Å². The molecule has 2 bridgehead atoms. The first-order valence-corrected chi connectivity index (χ1v) is 17.0. The van der Waals surface area contributed by atoms with Crippen LogP contribution in [0.1, 0.15) is 69.6 Å². The van der Waals surface area contributed by atoms with E-state index in [4.69, 9.17) is 9.72 Å². The number of nitrogens with one attached hydrogen (secondary N) is 1. The van der Waals surface area contributed by atoms with Crippen LogP contribution in [0.15, 0.2) is 36.4 Å². The predicted molar refractivity (Wildman–Crippen MR) is 177 cm³/mol. The van der Waals surface area contributed by atoms with Gasteiger partial charge in [-0.1, -0.05) is 25.1 Å². The van der Waals surface area contributed by atoms with Crippen LogP contribution in [0, 0.1) is 11.6 Å². The van der Waals surface area contributed by atoms with Gasteiger partial charge in [-0.05, 0) is 92.6 Å². The summed E-state index contributed by atoms with van der Waals surface area (Å²) in [7, 11) is 0. The number of aryl methyl sites for hydroxylation is 1. The van der Waals surface area contributed by atoms with E-state index in [-0.39, 0.29) is 46.9 Å². The third kappa shape index (κ3) is 5.19. The minimum Gasteiger partial charge on any atom is -0.508 e. The molecule has 7 nitrogen and oxygen atoms in total. The number of phenols is 1. The highest BCUT2D eigenvalue weighted by Gasteiger charge is 2.50. The number of phenolic OH excluding ortho intramolecular Hbond substituents is 1. The number of fused-ring (bicyclic) bond motifs is 5. The molecule has 0 aliphatic carbocycles. The van der Waals surface area contributed by atoms with Gasteiger partial charge in [-0.3, -0.25) is 4.90 Å². The van der Waals surface area contributed by atoms with Crippen LogP contribution in [0.25, 0.3) is 21.7 Å². The number of anilines is 1. The van der Waals surface area contributed by atoms with E-state index < -0.39 is 23.3 Å². The molecule has 248 valence electrons. The molecule has 47 heavy (non-hydrogen) atoms. The number of nitrogens with zero attached hydrogens (tertiary/aromatic N) is 4. The van der Waals surface area contributed by atoms with Crippen molar-refractivity contribution in [2.45, 2.75) is 88.5 Å². The SMILES string of the molecule is CCc1cccc2cc(O)cc(Cc3c(F)cc4c(N5CC6(C)CCC(C)(C5)N6)nc(OCC56CCCN5CC(F)C6)nc4c3F)c12. The number of hydrogen-bond acceptors (Lipinski definition) is 7. The Morgan fingerprint density at radius 3 is 2.60 bits per heavy atom. The zero-order chi connectivity index (χ0) is 32.7. The molecule has 1 aromatic heterocycles. The smallest absolute Gasteiger partial charge is 0.319 e. The number of rotatable bonds is 7. The molecular formula is C37H42F3N5O2. The molecule has 8 rings (SSSR count). The van der Waals surface area contributed by atoms with E-state index in [2.05, 4.69) is 33.9 Å². The highest BCUT2D eigenvalue weighted by Crippen LogP contribution is 2.43. The van der Waals surface area contributed by atoms with E-state index in [1.165, 1.54) is 6.07 Å². The number of aromatic nitrogens is 2. The molecule has 0 spiro atoms. The van der Waals surface area contributed by atoms with E-state index in [1.54, 1.807) is 12.1 Å². The Morgan fingerprint density at radius 1 is 1.04 bits per heavy atom. The van der Waals surface area contributed by atoms with Gasteiger partial charge < -0.3 is 20.1 Å². The van der Waals surface area contributed by atoms with E-state index in [1.807, 2.05) is 25.1 Å². The number of benzene rings is 3. The molecule has 0 saturated carbocycles. The maximum Gasteiger partial charge on any atom is 0.319 e. The van der Waals surface area contributed by atoms with Gasteiger partial charge >= 0.3 is 6.01 Å². The zero-order valence-corrected chi connectivity index (χ0v) is 27.3. The molecule has 0 amide bonds. The van der Waals surface area contributed by atoms with E-state index >= 15 is 8.78 Å². The molecule has 10 heteroatoms. The third-order valence-corrected chi connectivity index (χ3v) is 11.3. The van der Waals surface area contributed by atoms with Crippen molar-refractivity contribution >= 4 is 27.5 Å². The number of halogens is 3. The molecule has 3 aromatic carbocycles. The Hall–Kier alpha value is -3.63. The summed E-state index contributed by atoms with van der Waals surface area (Å²) in [4.78, 5) is 13.7. The van der Waals surface area contributed by atoms with Gasteiger partial charge in [0.2, 0.25) is 0 Å². The largest absolute Gasteiger partial charge is 0.508 e. The average Bonchev–Trinajstić information content (AvgIpc) is 3.63. The van der Waals surface area contributed by atoms with E-state index in [9.17, 15) is 9.50 Å². The molecule has 4 fully saturated rings. The number of ether oxygens (including phenoxy) is 1. The lowest BCUT2D eigenvalue weighted by Crippen LogP contribution is -2.63. The maximum atomic E-state index is 16.8. The van der Waals surface area contributed by atoms with Gasteiger partial charge in [0.1, 0.15) is 35.7 Å². The molecule has 0 radical (unpaired) electrons. The number of aromatic hydroxyl groups is 1. The van der Waals surface area contributed by atoms with Gasteiger partial charge in [-0.15, -0.1) is 0 Å². The minimum atomic E-state index is -0.908. The predicted octanol–water partition coefficient (Wildman–Crippen LogP) is 6.60. The van der Waals surface area contributed by atoms with Crippen molar-refractivity contribution in [3.05, 3.63) is 64.7 Å². The quantitative estimate of drug-likeness (QED) is 0.235. The molecule has 4 aliphatic rings. The molecular weight excluding hydrogens is 603 g/mol. The Morgan fingerprint density at radius 2 is 1.83 bits per heavy atom. The number of alkyl halides is 1. The summed E-state index contributed by atoms with van der Waals surface area (Å²) in [6, 6.07) is 10.5. The topological polar surface area (TPSA) is 73.8 Å². The summed E-state index contributed by atoms with van der Waals surface area (Å²) in [6.07, 6.45) is 3.92. The van der Waals surface area contributed by atoms with Crippen molar-refractivity contribution in [3.8, 4) is 11.8 Å². The van der Waals surface area contributed by atoms with Gasteiger partial charge in [0.25, 0.3) is 0 Å². The van der Waals surface area contributed by atoms with Gasteiger partial charge in [0.05, 0.1) is 5.54 Å². The third-order valence-electron chi connectivity index (χ3n) is 11.3. The fourth-order valence-corrected chi connectivity index (χ4v) is 9.21. The molecule has 4 atom stereocenters. The fraction of sp³-hybridized carbons (Fsp3) is 0.514. The van der Waals surface area contributed by atoms with Gasteiger partial charge in [0.15, 0.2) is 5.82 Å². The zero-order valence-electron chi connectivity index (χ0n) is 27.3. The normalized spacial score (nSPS) is 28.9. The van der Waals surface area contributed by atoms with Crippen molar-refractivity contribution in [1.29, 1.82) is 0 Å². The van der Waals surface area contributed by atoms with Gasteiger partial charge in [-0.2, -0.15) is 9.97 Å². The van der Waals surface area contributed by atoms with E-state index in [0.717, 1.165) is 55.0 Å². The molecule has 4 unspecified atom stereocenters. The van der Waals surface area contributed by atoms with Crippen LogP contribution in [-0.2, 0) is 12.8 Å². The lowest BCUT2D eigenvalue weighted by atomic mass is 9.92. The Balaban J connectivity index is 1.24. The van der Waals surface area contributed by atoms with Crippen LogP contribution >= 0.6 is 0 Å². The maximum absolute atomic E-state index is 16.8. The first-order chi connectivity index (χ1) is 22.5. The minimum absolute atomic E-state index is 0.00155. The van der Waals surface area contributed by atoms with Gasteiger partial charge in [-0.25, -0.2) is 13.2 Å². The van der Waals surface area contributed by atoms with E-state index in [0.29, 0.717) is 42.8 Å². The van der Waals surface area contributed by atoms with Crippen molar-refractivity contribution < 1.29 is 23.0 Å². The summed E-state index contributed by atoms with van der Waals surface area (Å²) >= 11 is 0. The molecule has 4 saturated heterocycles. The second-order valence-corrected chi connectivity index (χ2v) is 15.0. The Bertz CT molecular complexity index is 1890. The molecule has 4 aromatic rings. The molecule has 4 aliphatic heterocycles. The average molecular weight is 646 g/mol. The summed E-state index contributed by atoms with van der Waals surface area (Å²) in [5.74, 6) is -0.961. The van der Waals surface area contributed by atoms with Crippen LogP contribution in [0.3, 0.4) is 0 Å². The first-order valence-electron chi connectivity index (χ1n) is 17.0. The standard InChI is InChI=1S/C37H42F3N5O2/c1-4-22-7-5-8-23-13-26(46)14-24(30(22)23)15-27-29(39)16-28-32(31(27)40)41-34(47-21-37-9-6-12-45(37)18-25(38)17-37)42-33(28)44-19-35(2)10-11-36(3,20-44)43-35/h5,7-8,13-14,16,25,43,46H,4,6,9-12,15,17-21H2,1-3H3. The summed E-state index contributed by atoms with van der Waals surface area (Å²) in [5.41, 5.74) is 0.796. The van der Waals surface area contributed by atoms with Crippen LogP contribution in [-0.4, -0.2) is 75.5 Å². The monoisotopic (exact) mass is 645 g/mol. The lowest BCUT2D eigenvalue weighted by molar-refractivity contribution is 0.107. The fourth-order valence-electron chi connectivity index (χ4n) is 9.21. The first kappa shape index (κ1) is 30.7. The summed E-state index contributed by atoms with van der Waals surface area (Å²) in [6.45, 7) is 9.06. The number of piperazine rings is 1. The molecule has 2 N–H and O–H groups in total. The van der Waals surface area contributed by atoms with Crippen molar-refractivity contribution in [1.82, 2.24) is 20.2 Å². The highest BCUT2D eigenvalue weighted by atomic mass is 19.1. The van der Waals surface area contributed by atoms with Crippen LogP contribution in [0.2, 0.25) is 0 Å². The Labute approximate surface area is 273 Å². The van der Waals surface area contributed by atoms with Crippen LogP contribution in [0.5, 0.6) is 11.8 Å². The molecule has 5 heterocycles. The van der Waals surface area contributed by atoms with Crippen molar-refractivity contribution in [2.75, 3.05) is 37.7 Å². The van der Waals surface area contributed by atoms with Crippen LogP contribution < -0.4 is 15.0 Å². The highest BCUT2D eigenvalue weighted by molar-refractivity contribution is 5.93. The van der Waals surface area contributed by atoms with Crippen LogP contribution in [0.4, 0.5) is 19.0 Å². The number of hydrogen-bond donors (Lipinski definition) is 2. The summed E-state index contributed by atoms with van der Waals surface area (Å²) < 4.78 is 53.8. The second kappa shape index (κ2) is 11.0. The Kier molecular flexibility index (Phi) is 7.15. The lowest BCUT2D eigenvalue weighted by Gasteiger charge is -2.45. The second-order valence-electron chi connectivity index (χ2n) is 15.0. The van der Waals surface area contributed by atoms with Crippen molar-refractivity contribution in [3.63, 3.8) is 0 Å². The summed E-state index contributed by atoms with van der Waals surface area (Å²) in [5, 5.41) is 16.3. The van der Waals surface area contributed by atoms with Crippen molar-refractivity contribution in [2.24, 2.45) is 0 Å².